The van der Waals surface area contributed by atoms with Crippen molar-refractivity contribution in [1.29, 1.82) is 0 Å². The molecule has 2 heterocycles. The third-order valence-electron chi connectivity index (χ3n) is 3.92. The lowest BCUT2D eigenvalue weighted by Crippen LogP contribution is -2.50. The van der Waals surface area contributed by atoms with E-state index in [2.05, 4.69) is 24.1 Å². The minimum atomic E-state index is -0.561. The Balaban J connectivity index is 1.68. The van der Waals surface area contributed by atoms with Gasteiger partial charge in [-0.05, 0) is 26.7 Å². The van der Waals surface area contributed by atoms with Gasteiger partial charge in [0, 0.05) is 54.0 Å². The van der Waals surface area contributed by atoms with Gasteiger partial charge in [0.25, 0.3) is 0 Å². The predicted octanol–water partition coefficient (Wildman–Crippen LogP) is 0.596. The first-order valence-corrected chi connectivity index (χ1v) is 8.58. The van der Waals surface area contributed by atoms with Crippen molar-refractivity contribution in [3.63, 3.8) is 0 Å². The standard InChI is InChI=1S/C13H26N2O2S/c1-11(2)15-5-6-17-13(10-15)9-14-12-3-7-18(16)8-4-12/h11-14H,3-10H2,1-2H3. The summed E-state index contributed by atoms with van der Waals surface area (Å²) in [5.74, 6) is 1.72. The molecule has 2 aliphatic rings. The van der Waals surface area contributed by atoms with E-state index in [1.807, 2.05) is 0 Å². The highest BCUT2D eigenvalue weighted by Gasteiger charge is 2.24. The lowest BCUT2D eigenvalue weighted by molar-refractivity contribution is -0.0382. The van der Waals surface area contributed by atoms with Crippen molar-refractivity contribution < 1.29 is 8.95 Å². The first kappa shape index (κ1) is 14.4. The highest BCUT2D eigenvalue weighted by atomic mass is 32.2. The van der Waals surface area contributed by atoms with E-state index in [1.54, 1.807) is 0 Å². The van der Waals surface area contributed by atoms with Crippen molar-refractivity contribution in [1.82, 2.24) is 10.2 Å². The maximum Gasteiger partial charge on any atom is 0.0826 e. The fourth-order valence-electron chi connectivity index (χ4n) is 2.63. The summed E-state index contributed by atoms with van der Waals surface area (Å²) in [6.07, 6.45) is 2.41. The zero-order valence-electron chi connectivity index (χ0n) is 11.6. The van der Waals surface area contributed by atoms with Crippen molar-refractivity contribution in [3.8, 4) is 0 Å². The molecule has 0 aromatic rings. The van der Waals surface area contributed by atoms with Gasteiger partial charge in [-0.25, -0.2) is 0 Å². The molecular formula is C13H26N2O2S. The molecule has 1 N–H and O–H groups in total. The maximum absolute atomic E-state index is 11.3. The Bertz CT molecular complexity index is 276. The fraction of sp³-hybridized carbons (Fsp3) is 1.00. The molecule has 0 amide bonds. The third-order valence-corrected chi connectivity index (χ3v) is 5.30. The number of nitrogens with one attached hydrogen (secondary N) is 1. The molecule has 2 rings (SSSR count). The molecule has 1 atom stereocenters. The summed E-state index contributed by atoms with van der Waals surface area (Å²) in [4.78, 5) is 2.48. The van der Waals surface area contributed by atoms with Crippen LogP contribution in [0.1, 0.15) is 26.7 Å². The van der Waals surface area contributed by atoms with Crippen LogP contribution in [0.5, 0.6) is 0 Å². The molecule has 106 valence electrons. The normalized spacial score (nSPS) is 34.9. The predicted molar refractivity (Wildman–Crippen MR) is 75.4 cm³/mol. The summed E-state index contributed by atoms with van der Waals surface area (Å²) < 4.78 is 17.1. The van der Waals surface area contributed by atoms with E-state index in [0.29, 0.717) is 18.2 Å². The summed E-state index contributed by atoms with van der Waals surface area (Å²) >= 11 is 0. The van der Waals surface area contributed by atoms with Crippen LogP contribution < -0.4 is 5.32 Å². The average molecular weight is 274 g/mol. The number of rotatable bonds is 4. The third kappa shape index (κ3) is 4.30. The molecule has 0 saturated carbocycles. The number of ether oxygens (including phenoxy) is 1. The monoisotopic (exact) mass is 274 g/mol. The van der Waals surface area contributed by atoms with Gasteiger partial charge in [0.2, 0.25) is 0 Å². The quantitative estimate of drug-likeness (QED) is 0.815. The van der Waals surface area contributed by atoms with Crippen LogP contribution in [0.25, 0.3) is 0 Å². The van der Waals surface area contributed by atoms with Gasteiger partial charge in [-0.3, -0.25) is 9.11 Å². The lowest BCUT2D eigenvalue weighted by atomic mass is 10.1. The van der Waals surface area contributed by atoms with Gasteiger partial charge in [-0.2, -0.15) is 0 Å². The van der Waals surface area contributed by atoms with Crippen LogP contribution in [0.2, 0.25) is 0 Å². The molecule has 1 unspecified atom stereocenters. The first-order chi connectivity index (χ1) is 8.65. The Morgan fingerprint density at radius 1 is 1.39 bits per heavy atom. The number of hydrogen-bond donors (Lipinski definition) is 1. The van der Waals surface area contributed by atoms with Gasteiger partial charge in [0.15, 0.2) is 0 Å². The van der Waals surface area contributed by atoms with Crippen molar-refractivity contribution in [2.24, 2.45) is 0 Å². The van der Waals surface area contributed by atoms with Crippen molar-refractivity contribution in [2.75, 3.05) is 37.7 Å². The van der Waals surface area contributed by atoms with E-state index in [1.165, 1.54) is 0 Å². The summed E-state index contributed by atoms with van der Waals surface area (Å²) in [6.45, 7) is 8.35. The van der Waals surface area contributed by atoms with Crippen molar-refractivity contribution in [2.45, 2.75) is 44.9 Å². The van der Waals surface area contributed by atoms with E-state index < -0.39 is 10.8 Å². The van der Waals surface area contributed by atoms with Crippen LogP contribution in [0.4, 0.5) is 0 Å². The molecule has 0 radical (unpaired) electrons. The lowest BCUT2D eigenvalue weighted by Gasteiger charge is -2.36. The van der Waals surface area contributed by atoms with Crippen LogP contribution in [0.3, 0.4) is 0 Å². The fourth-order valence-corrected chi connectivity index (χ4v) is 3.93. The molecule has 2 fully saturated rings. The van der Waals surface area contributed by atoms with Gasteiger partial charge < -0.3 is 10.1 Å². The van der Waals surface area contributed by atoms with Crippen LogP contribution in [0.15, 0.2) is 0 Å². The van der Waals surface area contributed by atoms with E-state index in [-0.39, 0.29) is 0 Å². The Labute approximate surface area is 113 Å². The van der Waals surface area contributed by atoms with Crippen LogP contribution >= 0.6 is 0 Å². The highest BCUT2D eigenvalue weighted by Crippen LogP contribution is 2.11. The maximum atomic E-state index is 11.3. The Hall–Kier alpha value is 0.0300. The van der Waals surface area contributed by atoms with Gasteiger partial charge in [0.1, 0.15) is 0 Å². The molecule has 0 aromatic carbocycles. The van der Waals surface area contributed by atoms with Gasteiger partial charge in [-0.15, -0.1) is 0 Å². The number of morpholine rings is 1. The summed E-state index contributed by atoms with van der Waals surface area (Å²) in [6, 6.07) is 1.15. The zero-order valence-corrected chi connectivity index (χ0v) is 12.4. The van der Waals surface area contributed by atoms with Crippen LogP contribution in [-0.4, -0.2) is 65.0 Å². The van der Waals surface area contributed by atoms with Crippen LogP contribution in [-0.2, 0) is 15.5 Å². The molecular weight excluding hydrogens is 248 g/mol. The van der Waals surface area contributed by atoms with E-state index in [4.69, 9.17) is 4.74 Å². The summed E-state index contributed by atoms with van der Waals surface area (Å²) in [5, 5.41) is 3.59. The summed E-state index contributed by atoms with van der Waals surface area (Å²) in [5.41, 5.74) is 0. The highest BCUT2D eigenvalue weighted by molar-refractivity contribution is 7.85. The van der Waals surface area contributed by atoms with Gasteiger partial charge in [0.05, 0.1) is 12.7 Å². The van der Waals surface area contributed by atoms with Crippen molar-refractivity contribution >= 4 is 10.8 Å². The minimum absolute atomic E-state index is 0.313. The second-order valence-corrected chi connectivity index (χ2v) is 7.31. The Kier molecular flexibility index (Phi) is 5.60. The molecule has 4 nitrogen and oxygen atoms in total. The molecule has 5 heteroatoms. The topological polar surface area (TPSA) is 41.6 Å². The first-order valence-electron chi connectivity index (χ1n) is 7.09. The molecule has 2 aliphatic heterocycles. The summed E-state index contributed by atoms with van der Waals surface area (Å²) in [7, 11) is -0.561. The Morgan fingerprint density at radius 2 is 2.11 bits per heavy atom. The van der Waals surface area contributed by atoms with E-state index >= 15 is 0 Å². The smallest absolute Gasteiger partial charge is 0.0826 e. The largest absolute Gasteiger partial charge is 0.374 e. The molecule has 0 spiro atoms. The molecule has 0 bridgehead atoms. The number of nitrogens with zero attached hydrogens (tertiary/aromatic N) is 1. The molecule has 2 saturated heterocycles. The Morgan fingerprint density at radius 3 is 2.78 bits per heavy atom. The zero-order chi connectivity index (χ0) is 13.0. The number of hydrogen-bond acceptors (Lipinski definition) is 4. The molecule has 0 aliphatic carbocycles. The van der Waals surface area contributed by atoms with Crippen molar-refractivity contribution in [3.05, 3.63) is 0 Å². The van der Waals surface area contributed by atoms with Gasteiger partial charge in [-0.1, -0.05) is 0 Å². The molecule has 0 aromatic heterocycles. The van der Waals surface area contributed by atoms with Gasteiger partial charge >= 0.3 is 0 Å². The van der Waals surface area contributed by atoms with Crippen LogP contribution in [0, 0.1) is 0 Å². The van der Waals surface area contributed by atoms with E-state index in [0.717, 1.165) is 50.6 Å². The SMILES string of the molecule is CC(C)N1CCOC(CNC2CCS(=O)CC2)C1. The second-order valence-electron chi connectivity index (χ2n) is 5.61. The van der Waals surface area contributed by atoms with E-state index in [9.17, 15) is 4.21 Å². The second kappa shape index (κ2) is 6.98. The molecule has 18 heavy (non-hydrogen) atoms. The average Bonchev–Trinajstić information content (AvgIpc) is 2.38. The minimum Gasteiger partial charge on any atom is -0.374 e.